The summed E-state index contributed by atoms with van der Waals surface area (Å²) in [6, 6.07) is 14.4. The molecule has 4 aromatic rings. The quantitative estimate of drug-likeness (QED) is 0.495. The maximum Gasteiger partial charge on any atom is 0.349 e. The number of hydrogen-bond acceptors (Lipinski definition) is 5. The molecule has 1 amide bonds. The van der Waals surface area contributed by atoms with Gasteiger partial charge in [0.15, 0.2) is 0 Å². The Labute approximate surface area is 153 Å². The number of carbonyl (C=O) groups is 1. The molecule has 1 aromatic carbocycles. The highest BCUT2D eigenvalue weighted by Gasteiger charge is 2.22. The van der Waals surface area contributed by atoms with Gasteiger partial charge in [0.25, 0.3) is 5.91 Å². The van der Waals surface area contributed by atoms with Crippen molar-refractivity contribution in [3.63, 3.8) is 0 Å². The van der Waals surface area contributed by atoms with Crippen LogP contribution in [0.15, 0.2) is 80.1 Å². The lowest BCUT2D eigenvalue weighted by Crippen LogP contribution is -2.33. The number of carbonyl (C=O) groups excluding carboxylic acids is 1. The van der Waals surface area contributed by atoms with Gasteiger partial charge in [-0.05, 0) is 29.6 Å². The lowest BCUT2D eigenvalue weighted by atomic mass is 10.1. The van der Waals surface area contributed by atoms with Crippen molar-refractivity contribution in [1.29, 1.82) is 0 Å². The molecular weight excluding hydrogens is 350 g/mol. The van der Waals surface area contributed by atoms with Crippen molar-refractivity contribution < 1.29 is 13.6 Å². The largest absolute Gasteiger partial charge is 0.472 e. The van der Waals surface area contributed by atoms with Crippen molar-refractivity contribution in [1.82, 2.24) is 4.90 Å². The molecule has 6 heteroatoms. The lowest BCUT2D eigenvalue weighted by Gasteiger charge is -2.21. The number of thiophene rings is 1. The van der Waals surface area contributed by atoms with Gasteiger partial charge in [0.05, 0.1) is 19.1 Å². The van der Waals surface area contributed by atoms with Gasteiger partial charge in [-0.2, -0.15) is 0 Å². The molecule has 4 rings (SSSR count). The highest BCUT2D eigenvalue weighted by molar-refractivity contribution is 7.09. The number of furan rings is 1. The topological polar surface area (TPSA) is 63.7 Å². The number of para-hydroxylation sites is 1. The number of amides is 1. The second-order valence-electron chi connectivity index (χ2n) is 5.86. The molecule has 130 valence electrons. The molecule has 3 heterocycles. The highest BCUT2D eigenvalue weighted by atomic mass is 32.1. The van der Waals surface area contributed by atoms with Crippen LogP contribution in [0.25, 0.3) is 11.0 Å². The van der Waals surface area contributed by atoms with Gasteiger partial charge in [0, 0.05) is 22.4 Å². The fraction of sp³-hybridized carbons (Fsp3) is 0.100. The number of fused-ring (bicyclic) bond motifs is 1. The molecule has 0 N–H and O–H groups in total. The molecule has 0 radical (unpaired) electrons. The van der Waals surface area contributed by atoms with Crippen molar-refractivity contribution in [2.45, 2.75) is 13.1 Å². The first-order valence-corrected chi connectivity index (χ1v) is 8.94. The van der Waals surface area contributed by atoms with E-state index in [1.807, 2.05) is 29.6 Å². The molecule has 0 aliphatic rings. The Morgan fingerprint density at radius 1 is 1.08 bits per heavy atom. The van der Waals surface area contributed by atoms with E-state index in [1.54, 1.807) is 53.0 Å². The third-order valence-electron chi connectivity index (χ3n) is 4.04. The van der Waals surface area contributed by atoms with Gasteiger partial charge in [0.1, 0.15) is 11.1 Å². The van der Waals surface area contributed by atoms with Crippen LogP contribution in [0.4, 0.5) is 0 Å². The second kappa shape index (κ2) is 7.01. The van der Waals surface area contributed by atoms with Crippen LogP contribution in [0.1, 0.15) is 20.8 Å². The molecule has 0 spiro atoms. The summed E-state index contributed by atoms with van der Waals surface area (Å²) >= 11 is 1.56. The van der Waals surface area contributed by atoms with E-state index in [0.717, 1.165) is 15.8 Å². The predicted molar refractivity (Wildman–Crippen MR) is 99.1 cm³/mol. The van der Waals surface area contributed by atoms with Crippen molar-refractivity contribution in [2.24, 2.45) is 0 Å². The zero-order valence-corrected chi connectivity index (χ0v) is 14.6. The normalized spacial score (nSPS) is 10.9. The Morgan fingerprint density at radius 2 is 1.96 bits per heavy atom. The zero-order chi connectivity index (χ0) is 17.9. The molecule has 0 fully saturated rings. The fourth-order valence-electron chi connectivity index (χ4n) is 2.77. The Kier molecular flexibility index (Phi) is 4.41. The van der Waals surface area contributed by atoms with Crippen molar-refractivity contribution in [3.8, 4) is 0 Å². The lowest BCUT2D eigenvalue weighted by molar-refractivity contribution is 0.0727. The molecular formula is C20H15NO4S. The summed E-state index contributed by atoms with van der Waals surface area (Å²) in [7, 11) is 0. The average Bonchev–Trinajstić information content (AvgIpc) is 3.34. The maximum absolute atomic E-state index is 13.1. The number of hydrogen-bond donors (Lipinski definition) is 0. The first-order valence-electron chi connectivity index (χ1n) is 8.06. The van der Waals surface area contributed by atoms with E-state index in [4.69, 9.17) is 8.83 Å². The summed E-state index contributed by atoms with van der Waals surface area (Å²) in [6.45, 7) is 0.757. The highest BCUT2D eigenvalue weighted by Crippen LogP contribution is 2.19. The third-order valence-corrected chi connectivity index (χ3v) is 4.90. The van der Waals surface area contributed by atoms with Gasteiger partial charge >= 0.3 is 5.63 Å². The minimum Gasteiger partial charge on any atom is -0.472 e. The van der Waals surface area contributed by atoms with Crippen LogP contribution in [0.2, 0.25) is 0 Å². The van der Waals surface area contributed by atoms with Crippen LogP contribution < -0.4 is 5.63 Å². The molecule has 0 unspecified atom stereocenters. The van der Waals surface area contributed by atoms with Crippen LogP contribution in [0, 0.1) is 0 Å². The number of rotatable bonds is 5. The first kappa shape index (κ1) is 16.4. The molecule has 0 saturated carbocycles. The van der Waals surface area contributed by atoms with E-state index >= 15 is 0 Å². The van der Waals surface area contributed by atoms with Crippen LogP contribution in [0.3, 0.4) is 0 Å². The number of nitrogens with zero attached hydrogens (tertiary/aromatic N) is 1. The minimum atomic E-state index is -0.628. The van der Waals surface area contributed by atoms with Gasteiger partial charge in [0.2, 0.25) is 0 Å². The number of benzene rings is 1. The zero-order valence-electron chi connectivity index (χ0n) is 13.8. The molecule has 0 aliphatic heterocycles. The van der Waals surface area contributed by atoms with E-state index in [9.17, 15) is 9.59 Å². The van der Waals surface area contributed by atoms with Crippen LogP contribution >= 0.6 is 11.3 Å². The van der Waals surface area contributed by atoms with Gasteiger partial charge in [-0.15, -0.1) is 11.3 Å². The fourth-order valence-corrected chi connectivity index (χ4v) is 3.49. The van der Waals surface area contributed by atoms with E-state index in [0.29, 0.717) is 18.7 Å². The molecule has 26 heavy (non-hydrogen) atoms. The van der Waals surface area contributed by atoms with Crippen LogP contribution in [-0.2, 0) is 13.1 Å². The third kappa shape index (κ3) is 3.32. The average molecular weight is 365 g/mol. The molecule has 0 saturated heterocycles. The van der Waals surface area contributed by atoms with E-state index in [1.165, 1.54) is 0 Å². The van der Waals surface area contributed by atoms with Gasteiger partial charge in [-0.25, -0.2) is 4.79 Å². The summed E-state index contributed by atoms with van der Waals surface area (Å²) < 4.78 is 10.4. The molecule has 3 aromatic heterocycles. The summed E-state index contributed by atoms with van der Waals surface area (Å²) in [4.78, 5) is 28.1. The van der Waals surface area contributed by atoms with Crippen molar-refractivity contribution in [3.05, 3.63) is 92.9 Å². The Hall–Kier alpha value is -3.12. The minimum absolute atomic E-state index is 0.0313. The summed E-state index contributed by atoms with van der Waals surface area (Å²) in [6.07, 6.45) is 3.16. The van der Waals surface area contributed by atoms with Crippen LogP contribution in [-0.4, -0.2) is 10.8 Å². The molecule has 0 aliphatic carbocycles. The Morgan fingerprint density at radius 3 is 2.73 bits per heavy atom. The maximum atomic E-state index is 13.1. The monoisotopic (exact) mass is 365 g/mol. The summed E-state index contributed by atoms with van der Waals surface area (Å²) in [5.74, 6) is -0.362. The smallest absolute Gasteiger partial charge is 0.349 e. The Balaban J connectivity index is 1.71. The molecule has 0 atom stereocenters. The van der Waals surface area contributed by atoms with E-state index in [-0.39, 0.29) is 11.5 Å². The van der Waals surface area contributed by atoms with Gasteiger partial charge < -0.3 is 13.7 Å². The molecule has 5 nitrogen and oxygen atoms in total. The molecule has 0 bridgehead atoms. The van der Waals surface area contributed by atoms with Crippen molar-refractivity contribution in [2.75, 3.05) is 0 Å². The summed E-state index contributed by atoms with van der Waals surface area (Å²) in [5.41, 5.74) is 0.731. The van der Waals surface area contributed by atoms with Crippen LogP contribution in [0.5, 0.6) is 0 Å². The SMILES string of the molecule is O=C(c1cc2ccccc2oc1=O)N(Cc1ccoc1)Cc1cccs1. The van der Waals surface area contributed by atoms with E-state index < -0.39 is 5.63 Å². The van der Waals surface area contributed by atoms with Crippen molar-refractivity contribution >= 4 is 28.2 Å². The predicted octanol–water partition coefficient (Wildman–Crippen LogP) is 4.29. The second-order valence-corrected chi connectivity index (χ2v) is 6.89. The van der Waals surface area contributed by atoms with E-state index in [2.05, 4.69) is 0 Å². The van der Waals surface area contributed by atoms with Gasteiger partial charge in [-0.3, -0.25) is 4.79 Å². The summed E-state index contributed by atoms with van der Waals surface area (Å²) in [5, 5.41) is 2.68. The van der Waals surface area contributed by atoms with Gasteiger partial charge in [-0.1, -0.05) is 24.3 Å². The Bertz CT molecular complexity index is 1040. The standard InChI is InChI=1S/C20H15NO4S/c22-19(17-10-15-4-1-2-6-18(15)25-20(17)23)21(11-14-7-8-24-13-14)12-16-5-3-9-26-16/h1-10,13H,11-12H2. The first-order chi connectivity index (χ1) is 12.7.